The number of nitrogens with one attached hydrogen (secondary N) is 2. The maximum atomic E-state index is 11.9. The van der Waals surface area contributed by atoms with Crippen molar-refractivity contribution in [3.8, 4) is 0 Å². The van der Waals surface area contributed by atoms with Gasteiger partial charge in [0.1, 0.15) is 6.04 Å². The highest BCUT2D eigenvalue weighted by molar-refractivity contribution is 5.97. The second-order valence-corrected chi connectivity index (χ2v) is 4.33. The van der Waals surface area contributed by atoms with Crippen LogP contribution in [0, 0.1) is 6.92 Å². The highest BCUT2D eigenvalue weighted by Gasteiger charge is 2.23. The van der Waals surface area contributed by atoms with Crippen LogP contribution in [-0.2, 0) is 4.79 Å². The molecular formula is C13H16N2O2. The molecule has 0 bridgehead atoms. The summed E-state index contributed by atoms with van der Waals surface area (Å²) in [6.45, 7) is 2.67. The third-order valence-corrected chi connectivity index (χ3v) is 2.90. The van der Waals surface area contributed by atoms with Gasteiger partial charge in [-0.05, 0) is 31.9 Å². The van der Waals surface area contributed by atoms with Crippen molar-refractivity contribution in [2.24, 2.45) is 0 Å². The quantitative estimate of drug-likeness (QED) is 0.799. The van der Waals surface area contributed by atoms with E-state index in [1.807, 2.05) is 19.1 Å². The minimum Gasteiger partial charge on any atom is -0.354 e. The molecule has 0 aromatic heterocycles. The molecule has 1 heterocycles. The average molecular weight is 232 g/mol. The molecule has 0 spiro atoms. The third kappa shape index (κ3) is 2.84. The van der Waals surface area contributed by atoms with Gasteiger partial charge >= 0.3 is 0 Å². The maximum Gasteiger partial charge on any atom is 0.251 e. The molecule has 90 valence electrons. The van der Waals surface area contributed by atoms with Gasteiger partial charge in [-0.1, -0.05) is 17.7 Å². The van der Waals surface area contributed by atoms with Crippen molar-refractivity contribution >= 4 is 11.8 Å². The van der Waals surface area contributed by atoms with Gasteiger partial charge in [0.2, 0.25) is 5.91 Å². The van der Waals surface area contributed by atoms with Gasteiger partial charge in [-0.15, -0.1) is 0 Å². The van der Waals surface area contributed by atoms with Crippen molar-refractivity contribution in [3.05, 3.63) is 35.4 Å². The molecule has 2 amide bonds. The second-order valence-electron chi connectivity index (χ2n) is 4.33. The highest BCUT2D eigenvalue weighted by atomic mass is 16.2. The Labute approximate surface area is 100 Å². The van der Waals surface area contributed by atoms with Crippen LogP contribution in [0.1, 0.15) is 28.8 Å². The maximum absolute atomic E-state index is 11.9. The van der Waals surface area contributed by atoms with Gasteiger partial charge in [-0.25, -0.2) is 0 Å². The first-order valence-corrected chi connectivity index (χ1v) is 5.82. The molecule has 1 saturated heterocycles. The molecule has 1 aromatic carbocycles. The SMILES string of the molecule is Cc1ccc(C(=O)N[C@H]2CCCNC2=O)cc1. The lowest BCUT2D eigenvalue weighted by atomic mass is 10.1. The van der Waals surface area contributed by atoms with E-state index in [9.17, 15) is 9.59 Å². The number of piperidine rings is 1. The fourth-order valence-corrected chi connectivity index (χ4v) is 1.86. The first kappa shape index (κ1) is 11.6. The number of carbonyl (C=O) groups is 2. The molecule has 4 heteroatoms. The van der Waals surface area contributed by atoms with E-state index in [1.54, 1.807) is 12.1 Å². The average Bonchev–Trinajstić information content (AvgIpc) is 2.33. The smallest absolute Gasteiger partial charge is 0.251 e. The number of amides is 2. The van der Waals surface area contributed by atoms with E-state index in [-0.39, 0.29) is 11.8 Å². The van der Waals surface area contributed by atoms with Gasteiger partial charge in [0.15, 0.2) is 0 Å². The Kier molecular flexibility index (Phi) is 3.42. The van der Waals surface area contributed by atoms with E-state index in [2.05, 4.69) is 10.6 Å². The summed E-state index contributed by atoms with van der Waals surface area (Å²) in [5.41, 5.74) is 1.70. The first-order chi connectivity index (χ1) is 8.16. The predicted octanol–water partition coefficient (Wildman–Crippen LogP) is 1.00. The van der Waals surface area contributed by atoms with E-state index in [0.29, 0.717) is 18.5 Å². The molecule has 0 unspecified atom stereocenters. The van der Waals surface area contributed by atoms with Crippen LogP contribution in [-0.4, -0.2) is 24.4 Å². The monoisotopic (exact) mass is 232 g/mol. The zero-order valence-corrected chi connectivity index (χ0v) is 9.82. The summed E-state index contributed by atoms with van der Waals surface area (Å²) < 4.78 is 0. The van der Waals surface area contributed by atoms with Crippen LogP contribution >= 0.6 is 0 Å². The molecule has 1 atom stereocenters. The summed E-state index contributed by atoms with van der Waals surface area (Å²) in [7, 11) is 0. The number of hydrogen-bond acceptors (Lipinski definition) is 2. The summed E-state index contributed by atoms with van der Waals surface area (Å²) in [5, 5.41) is 5.50. The molecule has 17 heavy (non-hydrogen) atoms. The van der Waals surface area contributed by atoms with Gasteiger partial charge in [-0.3, -0.25) is 9.59 Å². The number of carbonyl (C=O) groups excluding carboxylic acids is 2. The number of hydrogen-bond donors (Lipinski definition) is 2. The normalized spacial score (nSPS) is 19.6. The lowest BCUT2D eigenvalue weighted by molar-refractivity contribution is -0.124. The summed E-state index contributed by atoms with van der Waals surface area (Å²) >= 11 is 0. The Morgan fingerprint density at radius 3 is 2.71 bits per heavy atom. The van der Waals surface area contributed by atoms with E-state index >= 15 is 0 Å². The van der Waals surface area contributed by atoms with Crippen LogP contribution in [0.15, 0.2) is 24.3 Å². The van der Waals surface area contributed by atoms with Gasteiger partial charge in [-0.2, -0.15) is 0 Å². The van der Waals surface area contributed by atoms with E-state index in [4.69, 9.17) is 0 Å². The van der Waals surface area contributed by atoms with Crippen molar-refractivity contribution in [2.45, 2.75) is 25.8 Å². The van der Waals surface area contributed by atoms with Gasteiger partial charge < -0.3 is 10.6 Å². The van der Waals surface area contributed by atoms with Gasteiger partial charge in [0.25, 0.3) is 5.91 Å². The summed E-state index contributed by atoms with van der Waals surface area (Å²) in [6, 6.07) is 6.92. The van der Waals surface area contributed by atoms with Crippen LogP contribution in [0.25, 0.3) is 0 Å². The van der Waals surface area contributed by atoms with Crippen molar-refractivity contribution < 1.29 is 9.59 Å². The molecule has 1 aliphatic rings. The highest BCUT2D eigenvalue weighted by Crippen LogP contribution is 2.06. The molecule has 1 fully saturated rings. The molecule has 4 nitrogen and oxygen atoms in total. The van der Waals surface area contributed by atoms with Crippen LogP contribution in [0.4, 0.5) is 0 Å². The topological polar surface area (TPSA) is 58.2 Å². The van der Waals surface area contributed by atoms with E-state index in [1.165, 1.54) is 0 Å². The molecular weight excluding hydrogens is 216 g/mol. The zero-order valence-electron chi connectivity index (χ0n) is 9.82. The Morgan fingerprint density at radius 1 is 1.35 bits per heavy atom. The van der Waals surface area contributed by atoms with Crippen LogP contribution in [0.2, 0.25) is 0 Å². The van der Waals surface area contributed by atoms with E-state index in [0.717, 1.165) is 12.0 Å². The molecule has 2 rings (SSSR count). The van der Waals surface area contributed by atoms with Crippen molar-refractivity contribution in [3.63, 3.8) is 0 Å². The molecule has 0 aliphatic carbocycles. The number of benzene rings is 1. The Bertz CT molecular complexity index is 426. The number of rotatable bonds is 2. The lowest BCUT2D eigenvalue weighted by Crippen LogP contribution is -2.50. The van der Waals surface area contributed by atoms with Crippen molar-refractivity contribution in [1.82, 2.24) is 10.6 Å². The molecule has 1 aromatic rings. The Hall–Kier alpha value is -1.84. The molecule has 2 N–H and O–H groups in total. The predicted molar refractivity (Wildman–Crippen MR) is 64.7 cm³/mol. The Morgan fingerprint density at radius 2 is 2.06 bits per heavy atom. The number of aryl methyl sites for hydroxylation is 1. The van der Waals surface area contributed by atoms with Crippen LogP contribution < -0.4 is 10.6 Å². The second kappa shape index (κ2) is 4.99. The molecule has 0 saturated carbocycles. The standard InChI is InChI=1S/C13H16N2O2/c1-9-4-6-10(7-5-9)12(16)15-11-3-2-8-14-13(11)17/h4-7,11H,2-3,8H2,1H3,(H,14,17)(H,15,16)/t11-/m0/s1. The third-order valence-electron chi connectivity index (χ3n) is 2.90. The van der Waals surface area contributed by atoms with Gasteiger partial charge in [0, 0.05) is 12.1 Å². The zero-order chi connectivity index (χ0) is 12.3. The minimum absolute atomic E-state index is 0.0864. The van der Waals surface area contributed by atoms with Crippen molar-refractivity contribution in [2.75, 3.05) is 6.54 Å². The molecule has 0 radical (unpaired) electrons. The summed E-state index contributed by atoms with van der Waals surface area (Å²) in [5.74, 6) is -0.274. The van der Waals surface area contributed by atoms with Crippen LogP contribution in [0.3, 0.4) is 0 Å². The van der Waals surface area contributed by atoms with Crippen molar-refractivity contribution in [1.29, 1.82) is 0 Å². The summed E-state index contributed by atoms with van der Waals surface area (Å²) in [4.78, 5) is 23.4. The molecule has 1 aliphatic heterocycles. The van der Waals surface area contributed by atoms with Gasteiger partial charge in [0.05, 0.1) is 0 Å². The first-order valence-electron chi connectivity index (χ1n) is 5.82. The summed E-state index contributed by atoms with van der Waals surface area (Å²) in [6.07, 6.45) is 1.62. The fraction of sp³-hybridized carbons (Fsp3) is 0.385. The lowest BCUT2D eigenvalue weighted by Gasteiger charge is -2.22. The fourth-order valence-electron chi connectivity index (χ4n) is 1.86. The van der Waals surface area contributed by atoms with Crippen LogP contribution in [0.5, 0.6) is 0 Å². The Balaban J connectivity index is 2.01. The largest absolute Gasteiger partial charge is 0.354 e. The van der Waals surface area contributed by atoms with E-state index < -0.39 is 6.04 Å². The minimum atomic E-state index is -0.391.